The number of quaternary nitrogens is 1. The molecule has 0 bridgehead atoms. The fraction of sp³-hybridized carbons (Fsp3) is 0.333. The number of aliphatic hydroxyl groups excluding tert-OH is 1. The summed E-state index contributed by atoms with van der Waals surface area (Å²) in [5.41, 5.74) is 0.221. The van der Waals surface area contributed by atoms with Gasteiger partial charge in [-0.25, -0.2) is 0 Å². The number of likely N-dealkylation sites (N-methyl/N-ethyl adjacent to an activating group) is 1. The van der Waals surface area contributed by atoms with E-state index in [9.17, 15) is 19.8 Å². The monoisotopic (exact) mass is 561 g/mol. The van der Waals surface area contributed by atoms with E-state index in [1.807, 2.05) is 0 Å². The van der Waals surface area contributed by atoms with Crippen LogP contribution in [-0.2, 0) is 0 Å². The lowest BCUT2D eigenvalue weighted by atomic mass is 10.0. The third-order valence-electron chi connectivity index (χ3n) is 4.98. The summed E-state index contributed by atoms with van der Waals surface area (Å²) in [6, 6.07) is 6.19. The molecule has 31 heavy (non-hydrogen) atoms. The quantitative estimate of drug-likeness (QED) is 0.261. The average Bonchev–Trinajstić information content (AvgIpc) is 3.47. The zero-order chi connectivity index (χ0) is 22.3. The Bertz CT molecular complexity index is 894. The van der Waals surface area contributed by atoms with E-state index in [0.29, 0.717) is 17.9 Å². The zero-order valence-corrected chi connectivity index (χ0v) is 20.4. The maximum atomic E-state index is 11.3. The molecular formula is C21H24INO7S-2. The van der Waals surface area contributed by atoms with Gasteiger partial charge in [-0.2, -0.15) is 0 Å². The van der Waals surface area contributed by atoms with Gasteiger partial charge in [-0.15, -0.1) is 11.3 Å². The smallest absolute Gasteiger partial charge is 0.136 e. The van der Waals surface area contributed by atoms with Crippen LogP contribution in [0.15, 0.2) is 45.6 Å². The van der Waals surface area contributed by atoms with E-state index < -0.39 is 11.9 Å². The van der Waals surface area contributed by atoms with E-state index in [1.165, 1.54) is 24.7 Å². The second kappa shape index (κ2) is 12.0. The van der Waals surface area contributed by atoms with Crippen molar-refractivity contribution in [2.24, 2.45) is 0 Å². The molecule has 0 radical (unpaired) electrons. The van der Waals surface area contributed by atoms with Crippen LogP contribution < -0.4 is 34.2 Å². The van der Waals surface area contributed by atoms with E-state index in [-0.39, 0.29) is 56.4 Å². The van der Waals surface area contributed by atoms with Crippen molar-refractivity contribution in [2.75, 3.05) is 33.3 Å². The van der Waals surface area contributed by atoms with Gasteiger partial charge in [0.2, 0.25) is 0 Å². The third-order valence-corrected chi connectivity index (χ3v) is 6.13. The molecule has 0 aliphatic carbocycles. The summed E-state index contributed by atoms with van der Waals surface area (Å²) in [5, 5.41) is 31.2. The zero-order valence-electron chi connectivity index (χ0n) is 17.4. The molecule has 0 fully saturated rings. The first-order valence-electron chi connectivity index (χ1n) is 9.39. The first-order chi connectivity index (χ1) is 14.3. The van der Waals surface area contributed by atoms with Crippen molar-refractivity contribution in [3.63, 3.8) is 0 Å². The van der Waals surface area contributed by atoms with Crippen molar-refractivity contribution in [3.8, 4) is 22.6 Å². The Hall–Kier alpha value is -2.15. The van der Waals surface area contributed by atoms with Crippen LogP contribution in [0.1, 0.15) is 33.2 Å². The van der Waals surface area contributed by atoms with Gasteiger partial charge in [0.1, 0.15) is 18.1 Å². The van der Waals surface area contributed by atoms with Gasteiger partial charge in [-0.05, 0) is 38.1 Å². The SMILES string of the molecule is CC[N+](C)(CC)CCO.O=C([O-])c1sc(C(=O)[O-])c(-c2ccco2)c1-c1ccco1.[I-]. The highest BCUT2D eigenvalue weighted by molar-refractivity contribution is 7.17. The molecule has 0 amide bonds. The number of thiophene rings is 1. The summed E-state index contributed by atoms with van der Waals surface area (Å²) in [6.07, 6.45) is 2.72. The predicted octanol–water partition coefficient (Wildman–Crippen LogP) is -1.54. The van der Waals surface area contributed by atoms with Crippen LogP contribution in [0.3, 0.4) is 0 Å². The Morgan fingerprint density at radius 2 is 1.39 bits per heavy atom. The lowest BCUT2D eigenvalue weighted by molar-refractivity contribution is -0.906. The van der Waals surface area contributed by atoms with Crippen LogP contribution in [0.2, 0.25) is 0 Å². The number of aromatic carboxylic acids is 2. The van der Waals surface area contributed by atoms with E-state index in [1.54, 1.807) is 12.1 Å². The molecule has 3 rings (SSSR count). The number of furan rings is 2. The maximum absolute atomic E-state index is 11.3. The van der Waals surface area contributed by atoms with Crippen LogP contribution in [0, 0.1) is 0 Å². The Balaban J connectivity index is 0.000000413. The number of carboxylic acid groups (broad SMARTS) is 2. The number of carbonyl (C=O) groups excluding carboxylic acids is 2. The molecular weight excluding hydrogens is 537 g/mol. The molecule has 0 spiro atoms. The molecule has 0 atom stereocenters. The summed E-state index contributed by atoms with van der Waals surface area (Å²) >= 11 is 0.555. The molecule has 10 heteroatoms. The van der Waals surface area contributed by atoms with E-state index in [0.717, 1.165) is 24.1 Å². The van der Waals surface area contributed by atoms with Crippen LogP contribution in [0.25, 0.3) is 22.6 Å². The maximum Gasteiger partial charge on any atom is 0.136 e. The van der Waals surface area contributed by atoms with Gasteiger partial charge in [0, 0.05) is 11.1 Å². The molecule has 0 saturated carbocycles. The molecule has 0 unspecified atom stereocenters. The Morgan fingerprint density at radius 3 is 1.61 bits per heavy atom. The second-order valence-electron chi connectivity index (χ2n) is 6.74. The fourth-order valence-corrected chi connectivity index (χ4v) is 3.79. The summed E-state index contributed by atoms with van der Waals surface area (Å²) in [5.74, 6) is -2.56. The topological polar surface area (TPSA) is 127 Å². The van der Waals surface area contributed by atoms with Crippen molar-refractivity contribution in [1.82, 2.24) is 0 Å². The predicted molar refractivity (Wildman–Crippen MR) is 108 cm³/mol. The third kappa shape index (κ3) is 6.42. The van der Waals surface area contributed by atoms with E-state index in [2.05, 4.69) is 20.9 Å². The lowest BCUT2D eigenvalue weighted by Gasteiger charge is -2.31. The fourth-order valence-electron chi connectivity index (χ4n) is 2.81. The average molecular weight is 561 g/mol. The first kappa shape index (κ1) is 26.9. The van der Waals surface area contributed by atoms with Gasteiger partial charge in [-0.1, -0.05) is 0 Å². The summed E-state index contributed by atoms with van der Waals surface area (Å²) in [7, 11) is 2.16. The highest BCUT2D eigenvalue weighted by Crippen LogP contribution is 2.43. The van der Waals surface area contributed by atoms with Crippen LogP contribution in [-0.4, -0.2) is 54.8 Å². The number of hydrogen-bond acceptors (Lipinski definition) is 8. The Kier molecular flexibility index (Phi) is 10.4. The summed E-state index contributed by atoms with van der Waals surface area (Å²) in [6.45, 7) is 7.71. The highest BCUT2D eigenvalue weighted by atomic mass is 127. The molecule has 0 saturated heterocycles. The Labute approximate surface area is 201 Å². The minimum atomic E-state index is -1.49. The molecule has 170 valence electrons. The second-order valence-corrected chi connectivity index (χ2v) is 7.76. The molecule has 0 aromatic carbocycles. The number of halogens is 1. The van der Waals surface area contributed by atoms with Gasteiger partial charge < -0.3 is 62.2 Å². The highest BCUT2D eigenvalue weighted by Gasteiger charge is 2.25. The number of rotatable bonds is 8. The normalized spacial score (nSPS) is 10.7. The largest absolute Gasteiger partial charge is 1.00 e. The van der Waals surface area contributed by atoms with Crippen molar-refractivity contribution in [1.29, 1.82) is 0 Å². The molecule has 3 heterocycles. The number of aliphatic hydroxyl groups is 1. The Morgan fingerprint density at radius 1 is 0.968 bits per heavy atom. The summed E-state index contributed by atoms with van der Waals surface area (Å²) in [4.78, 5) is 22.1. The molecule has 1 N–H and O–H groups in total. The molecule has 0 aliphatic rings. The molecule has 8 nitrogen and oxygen atoms in total. The van der Waals surface area contributed by atoms with Crippen LogP contribution in [0.5, 0.6) is 0 Å². The minimum absolute atomic E-state index is 0. The molecule has 3 aromatic heterocycles. The number of carbonyl (C=O) groups is 2. The van der Waals surface area contributed by atoms with Crippen molar-refractivity contribution in [3.05, 3.63) is 46.5 Å². The van der Waals surface area contributed by atoms with Crippen molar-refractivity contribution < 1.29 is 62.2 Å². The minimum Gasteiger partial charge on any atom is -1.00 e. The number of carboxylic acids is 2. The van der Waals surface area contributed by atoms with Crippen molar-refractivity contribution in [2.45, 2.75) is 13.8 Å². The van der Waals surface area contributed by atoms with Gasteiger partial charge in [-0.3, -0.25) is 0 Å². The van der Waals surface area contributed by atoms with Crippen LogP contribution in [0.4, 0.5) is 0 Å². The van der Waals surface area contributed by atoms with Gasteiger partial charge in [0.15, 0.2) is 0 Å². The van der Waals surface area contributed by atoms with Crippen LogP contribution >= 0.6 is 11.3 Å². The van der Waals surface area contributed by atoms with Gasteiger partial charge >= 0.3 is 0 Å². The van der Waals surface area contributed by atoms with Gasteiger partial charge in [0.25, 0.3) is 0 Å². The number of hydrogen-bond donors (Lipinski definition) is 1. The van der Waals surface area contributed by atoms with Gasteiger partial charge in [0.05, 0.1) is 61.0 Å². The lowest BCUT2D eigenvalue weighted by Crippen LogP contribution is -3.00. The number of nitrogens with zero attached hydrogens (tertiary/aromatic N) is 1. The molecule has 3 aromatic rings. The standard InChI is InChI=1S/C14H8O6S.C7H18NO.HI/c15-13(16)11-9(7-3-1-5-19-7)10(8-4-2-6-20-8)12(21-11)14(17)18;1-4-8(3,5-2)6-7-9;/h1-6H,(H,15,16)(H,17,18);9H,4-7H2,1-3H3;1H/q;+1;/p-3. The van der Waals surface area contributed by atoms with E-state index in [4.69, 9.17) is 13.9 Å². The molecule has 0 aliphatic heterocycles. The van der Waals surface area contributed by atoms with Crippen molar-refractivity contribution >= 4 is 23.3 Å². The first-order valence-corrected chi connectivity index (χ1v) is 10.2. The van der Waals surface area contributed by atoms with E-state index >= 15 is 0 Å². The summed E-state index contributed by atoms with van der Waals surface area (Å²) < 4.78 is 11.4.